The van der Waals surface area contributed by atoms with Gasteiger partial charge in [0.1, 0.15) is 11.5 Å². The molecule has 0 atom stereocenters. The van der Waals surface area contributed by atoms with Crippen molar-refractivity contribution < 1.29 is 14.3 Å². The number of aromatic amines is 1. The molecule has 26 heavy (non-hydrogen) atoms. The molecule has 3 aromatic rings. The Balaban J connectivity index is 1.56. The van der Waals surface area contributed by atoms with Gasteiger partial charge in [-0.05, 0) is 42.8 Å². The zero-order chi connectivity index (χ0) is 18.4. The number of ether oxygens (including phenoxy) is 2. The van der Waals surface area contributed by atoms with E-state index >= 15 is 0 Å². The Labute approximate surface area is 150 Å². The number of rotatable bonds is 7. The summed E-state index contributed by atoms with van der Waals surface area (Å²) in [4.78, 5) is 26.8. The Kier molecular flexibility index (Phi) is 5.53. The number of hydrogen-bond donors (Lipinski definition) is 2. The zero-order valence-electron chi connectivity index (χ0n) is 14.5. The lowest BCUT2D eigenvalue weighted by atomic mass is 10.1. The number of H-pyrrole nitrogens is 1. The summed E-state index contributed by atoms with van der Waals surface area (Å²) in [6.07, 6.45) is 0.430. The first-order valence-corrected chi connectivity index (χ1v) is 8.30. The highest BCUT2D eigenvalue weighted by Gasteiger charge is 2.06. The number of pyridine rings is 1. The second kappa shape index (κ2) is 8.20. The van der Waals surface area contributed by atoms with Crippen molar-refractivity contribution in [2.75, 3.05) is 20.3 Å². The lowest BCUT2D eigenvalue weighted by Crippen LogP contribution is -2.31. The summed E-state index contributed by atoms with van der Waals surface area (Å²) in [6.45, 7) is 0.296. The average molecular weight is 352 g/mol. The number of carbonyl (C=O) groups excluding carboxylic acids is 1. The third kappa shape index (κ3) is 4.42. The second-order valence-electron chi connectivity index (χ2n) is 5.78. The van der Waals surface area contributed by atoms with Gasteiger partial charge in [-0.3, -0.25) is 9.59 Å². The monoisotopic (exact) mass is 352 g/mol. The Morgan fingerprint density at radius 3 is 2.65 bits per heavy atom. The van der Waals surface area contributed by atoms with Gasteiger partial charge < -0.3 is 19.8 Å². The second-order valence-corrected chi connectivity index (χ2v) is 5.78. The van der Waals surface area contributed by atoms with Crippen LogP contribution < -0.4 is 20.3 Å². The van der Waals surface area contributed by atoms with E-state index in [-0.39, 0.29) is 18.1 Å². The number of hydrogen-bond acceptors (Lipinski definition) is 4. The Bertz CT molecular complexity index is 951. The van der Waals surface area contributed by atoms with Crippen LogP contribution in [0, 0.1) is 0 Å². The molecule has 6 nitrogen and oxygen atoms in total. The Morgan fingerprint density at radius 1 is 1.08 bits per heavy atom. The van der Waals surface area contributed by atoms with Gasteiger partial charge in [-0.25, -0.2) is 0 Å². The molecule has 0 unspecified atom stereocenters. The number of carbonyl (C=O) groups is 1. The molecule has 0 saturated heterocycles. The molecule has 1 heterocycles. The topological polar surface area (TPSA) is 80.4 Å². The highest BCUT2D eigenvalue weighted by Crippen LogP contribution is 2.18. The van der Waals surface area contributed by atoms with Gasteiger partial charge in [0.2, 0.25) is 0 Å². The first kappa shape index (κ1) is 17.5. The van der Waals surface area contributed by atoms with E-state index in [0.717, 1.165) is 16.7 Å². The fraction of sp³-hybridized carbons (Fsp3) is 0.200. The molecule has 0 bridgehead atoms. The third-order valence-electron chi connectivity index (χ3n) is 3.96. The maximum absolute atomic E-state index is 12.1. The predicted octanol–water partition coefficient (Wildman–Crippen LogP) is 2.27. The van der Waals surface area contributed by atoms with Crippen molar-refractivity contribution in [2.45, 2.75) is 6.42 Å². The molecule has 0 aliphatic heterocycles. The average Bonchev–Trinajstić information content (AvgIpc) is 2.67. The van der Waals surface area contributed by atoms with Crippen molar-refractivity contribution in [3.05, 3.63) is 70.5 Å². The van der Waals surface area contributed by atoms with Crippen molar-refractivity contribution >= 4 is 16.8 Å². The SMILES string of the molecule is COc1ccc2[nH]c(=O)c(CCNC(=O)COc3ccccc3)cc2c1. The summed E-state index contributed by atoms with van der Waals surface area (Å²) in [5.41, 5.74) is 1.20. The Hall–Kier alpha value is -3.28. The predicted molar refractivity (Wildman–Crippen MR) is 99.8 cm³/mol. The minimum atomic E-state index is -0.229. The van der Waals surface area contributed by atoms with Crippen molar-refractivity contribution in [1.82, 2.24) is 10.3 Å². The van der Waals surface area contributed by atoms with Crippen LogP contribution in [-0.4, -0.2) is 31.2 Å². The summed E-state index contributed by atoms with van der Waals surface area (Å²) in [7, 11) is 1.60. The van der Waals surface area contributed by atoms with Gasteiger partial charge in [-0.15, -0.1) is 0 Å². The number of aromatic nitrogens is 1. The summed E-state index contributed by atoms with van der Waals surface area (Å²) in [6, 6.07) is 16.4. The van der Waals surface area contributed by atoms with E-state index in [1.165, 1.54) is 0 Å². The van der Waals surface area contributed by atoms with E-state index in [2.05, 4.69) is 10.3 Å². The molecule has 1 amide bonds. The maximum atomic E-state index is 12.1. The van der Waals surface area contributed by atoms with Gasteiger partial charge in [0.15, 0.2) is 6.61 Å². The van der Waals surface area contributed by atoms with Gasteiger partial charge in [0, 0.05) is 23.0 Å². The van der Waals surface area contributed by atoms with Crippen LogP contribution in [0.3, 0.4) is 0 Å². The fourth-order valence-corrected chi connectivity index (χ4v) is 2.60. The molecule has 0 aliphatic rings. The summed E-state index contributed by atoms with van der Waals surface area (Å²) in [5, 5.41) is 3.64. The van der Waals surface area contributed by atoms with Crippen LogP contribution in [0.5, 0.6) is 11.5 Å². The van der Waals surface area contributed by atoms with Crippen LogP contribution in [0.2, 0.25) is 0 Å². The van der Waals surface area contributed by atoms with E-state index in [0.29, 0.717) is 24.3 Å². The molecule has 134 valence electrons. The molecule has 0 radical (unpaired) electrons. The molecule has 3 rings (SSSR count). The van der Waals surface area contributed by atoms with Crippen LogP contribution in [0.15, 0.2) is 59.4 Å². The summed E-state index contributed by atoms with van der Waals surface area (Å²) >= 11 is 0. The normalized spacial score (nSPS) is 10.5. The summed E-state index contributed by atoms with van der Waals surface area (Å²) < 4.78 is 10.6. The molecule has 2 aromatic carbocycles. The van der Waals surface area contributed by atoms with Crippen LogP contribution in [0.25, 0.3) is 10.9 Å². The highest BCUT2D eigenvalue weighted by atomic mass is 16.5. The van der Waals surface area contributed by atoms with E-state index in [4.69, 9.17) is 9.47 Å². The number of para-hydroxylation sites is 1. The number of amides is 1. The van der Waals surface area contributed by atoms with Gasteiger partial charge in [0.25, 0.3) is 11.5 Å². The molecular formula is C20H20N2O4. The fourth-order valence-electron chi connectivity index (χ4n) is 2.60. The van der Waals surface area contributed by atoms with Gasteiger partial charge in [-0.1, -0.05) is 18.2 Å². The molecule has 0 aliphatic carbocycles. The molecule has 0 saturated carbocycles. The van der Waals surface area contributed by atoms with Gasteiger partial charge >= 0.3 is 0 Å². The molecule has 1 aromatic heterocycles. The van der Waals surface area contributed by atoms with Crippen LogP contribution in [-0.2, 0) is 11.2 Å². The minimum absolute atomic E-state index is 0.0602. The van der Waals surface area contributed by atoms with Crippen LogP contribution in [0.1, 0.15) is 5.56 Å². The lowest BCUT2D eigenvalue weighted by Gasteiger charge is -2.08. The third-order valence-corrected chi connectivity index (χ3v) is 3.96. The largest absolute Gasteiger partial charge is 0.497 e. The Morgan fingerprint density at radius 2 is 1.88 bits per heavy atom. The highest BCUT2D eigenvalue weighted by molar-refractivity contribution is 5.80. The number of methoxy groups -OCH3 is 1. The van der Waals surface area contributed by atoms with Crippen molar-refractivity contribution in [3.63, 3.8) is 0 Å². The minimum Gasteiger partial charge on any atom is -0.497 e. The molecule has 0 fully saturated rings. The standard InChI is InChI=1S/C20H20N2O4/c1-25-17-7-8-18-15(12-17)11-14(20(24)22-18)9-10-21-19(23)13-26-16-5-3-2-4-6-16/h2-8,11-12H,9-10,13H2,1H3,(H,21,23)(H,22,24). The van der Waals surface area contributed by atoms with Crippen molar-refractivity contribution in [1.29, 1.82) is 0 Å². The molecule has 0 spiro atoms. The molecule has 6 heteroatoms. The van der Waals surface area contributed by atoms with Gasteiger partial charge in [0.05, 0.1) is 7.11 Å². The van der Waals surface area contributed by atoms with Crippen molar-refractivity contribution in [2.24, 2.45) is 0 Å². The molecular weight excluding hydrogens is 332 g/mol. The van der Waals surface area contributed by atoms with Crippen LogP contribution >= 0.6 is 0 Å². The quantitative estimate of drug-likeness (QED) is 0.684. The summed E-state index contributed by atoms with van der Waals surface area (Å²) in [5.74, 6) is 1.14. The number of benzene rings is 2. The smallest absolute Gasteiger partial charge is 0.257 e. The number of nitrogens with one attached hydrogen (secondary N) is 2. The van der Waals surface area contributed by atoms with E-state index < -0.39 is 0 Å². The van der Waals surface area contributed by atoms with Gasteiger partial charge in [-0.2, -0.15) is 0 Å². The zero-order valence-corrected chi connectivity index (χ0v) is 14.5. The van der Waals surface area contributed by atoms with Crippen LogP contribution in [0.4, 0.5) is 0 Å². The first-order valence-electron chi connectivity index (χ1n) is 8.30. The lowest BCUT2D eigenvalue weighted by molar-refractivity contribution is -0.123. The maximum Gasteiger partial charge on any atom is 0.257 e. The van der Waals surface area contributed by atoms with E-state index in [1.54, 1.807) is 25.3 Å². The van der Waals surface area contributed by atoms with E-state index in [9.17, 15) is 9.59 Å². The first-order chi connectivity index (χ1) is 12.7. The van der Waals surface area contributed by atoms with Crippen molar-refractivity contribution in [3.8, 4) is 11.5 Å². The molecule has 2 N–H and O–H groups in total. The van der Waals surface area contributed by atoms with E-state index in [1.807, 2.05) is 36.4 Å². The number of fused-ring (bicyclic) bond motifs is 1.